The monoisotopic (exact) mass is 191 g/mol. The lowest BCUT2D eigenvalue weighted by molar-refractivity contribution is 0.447. The van der Waals surface area contributed by atoms with Gasteiger partial charge in [0.05, 0.1) is 11.5 Å². The van der Waals surface area contributed by atoms with Gasteiger partial charge in [-0.1, -0.05) is 0 Å². The third kappa shape index (κ3) is 3.63. The summed E-state index contributed by atoms with van der Waals surface area (Å²) in [6.07, 6.45) is 2.91. The number of rotatable bonds is 5. The van der Waals surface area contributed by atoms with E-state index in [1.807, 2.05) is 26.1 Å². The number of hydrogen-bond donors (Lipinski definition) is 2. The van der Waals surface area contributed by atoms with Crippen LogP contribution in [0.25, 0.3) is 0 Å². The van der Waals surface area contributed by atoms with Gasteiger partial charge >= 0.3 is 0 Å². The Balaban J connectivity index is 2.15. The van der Waals surface area contributed by atoms with Crippen LogP contribution in [0.5, 0.6) is 0 Å². The quantitative estimate of drug-likeness (QED) is 0.696. The average molecular weight is 191 g/mol. The number of nitriles is 1. The molecule has 0 aliphatic carbocycles. The van der Waals surface area contributed by atoms with Gasteiger partial charge in [-0.2, -0.15) is 5.26 Å². The van der Waals surface area contributed by atoms with Gasteiger partial charge in [0, 0.05) is 25.0 Å². The molecule has 0 spiro atoms. The van der Waals surface area contributed by atoms with E-state index in [0.717, 1.165) is 19.5 Å². The molecule has 1 heterocycles. The van der Waals surface area contributed by atoms with E-state index in [-0.39, 0.29) is 5.41 Å². The molecule has 0 saturated heterocycles. The lowest BCUT2D eigenvalue weighted by Crippen LogP contribution is -2.29. The molecule has 0 atom stereocenters. The number of nitrogens with one attached hydrogen (secondary N) is 2. The summed E-state index contributed by atoms with van der Waals surface area (Å²) in [5.74, 6) is 0. The van der Waals surface area contributed by atoms with Gasteiger partial charge < -0.3 is 10.3 Å². The molecule has 0 amide bonds. The van der Waals surface area contributed by atoms with Crippen LogP contribution in [0.3, 0.4) is 0 Å². The summed E-state index contributed by atoms with van der Waals surface area (Å²) >= 11 is 0. The highest BCUT2D eigenvalue weighted by molar-refractivity contribution is 5.03. The molecule has 3 nitrogen and oxygen atoms in total. The van der Waals surface area contributed by atoms with Crippen LogP contribution in [0.1, 0.15) is 19.5 Å². The smallest absolute Gasteiger partial charge is 0.0697 e. The first-order valence-corrected chi connectivity index (χ1v) is 4.88. The molecule has 0 aliphatic heterocycles. The minimum Gasteiger partial charge on any atom is -0.365 e. The number of hydrogen-bond acceptors (Lipinski definition) is 2. The van der Waals surface area contributed by atoms with Gasteiger partial charge in [0.15, 0.2) is 0 Å². The van der Waals surface area contributed by atoms with Crippen molar-refractivity contribution in [3.63, 3.8) is 0 Å². The summed E-state index contributed by atoms with van der Waals surface area (Å²) in [5, 5.41) is 12.1. The summed E-state index contributed by atoms with van der Waals surface area (Å²) in [5.41, 5.74) is 0.961. The Kier molecular flexibility index (Phi) is 3.73. The van der Waals surface area contributed by atoms with E-state index in [2.05, 4.69) is 22.4 Å². The number of H-pyrrole nitrogens is 1. The lowest BCUT2D eigenvalue weighted by atomic mass is 9.96. The second-order valence-corrected chi connectivity index (χ2v) is 4.12. The van der Waals surface area contributed by atoms with Gasteiger partial charge in [0.2, 0.25) is 0 Å². The molecule has 0 fully saturated rings. The molecule has 14 heavy (non-hydrogen) atoms. The molecule has 0 aliphatic rings. The van der Waals surface area contributed by atoms with Crippen molar-refractivity contribution in [1.29, 1.82) is 5.26 Å². The van der Waals surface area contributed by atoms with Crippen molar-refractivity contribution in [3.05, 3.63) is 24.0 Å². The zero-order valence-corrected chi connectivity index (χ0v) is 8.80. The van der Waals surface area contributed by atoms with Crippen LogP contribution in [-0.4, -0.2) is 18.1 Å². The normalized spacial score (nSPS) is 11.2. The van der Waals surface area contributed by atoms with Gasteiger partial charge in [-0.05, 0) is 32.4 Å². The van der Waals surface area contributed by atoms with Crippen molar-refractivity contribution in [3.8, 4) is 6.07 Å². The average Bonchev–Trinajstić information content (AvgIpc) is 2.65. The zero-order chi connectivity index (χ0) is 10.4. The van der Waals surface area contributed by atoms with E-state index in [1.165, 1.54) is 5.69 Å². The van der Waals surface area contributed by atoms with Crippen molar-refractivity contribution in [2.24, 2.45) is 5.41 Å². The van der Waals surface area contributed by atoms with Crippen LogP contribution in [0.15, 0.2) is 18.3 Å². The van der Waals surface area contributed by atoms with E-state index in [1.54, 1.807) is 0 Å². The first-order chi connectivity index (χ1) is 6.64. The summed E-state index contributed by atoms with van der Waals surface area (Å²) in [6.45, 7) is 5.53. The fraction of sp³-hybridized carbons (Fsp3) is 0.545. The van der Waals surface area contributed by atoms with E-state index >= 15 is 0 Å². The Hall–Kier alpha value is -1.27. The minimum absolute atomic E-state index is 0.268. The highest BCUT2D eigenvalue weighted by Gasteiger charge is 2.14. The van der Waals surface area contributed by atoms with E-state index in [4.69, 9.17) is 5.26 Å². The summed E-state index contributed by atoms with van der Waals surface area (Å²) < 4.78 is 0. The van der Waals surface area contributed by atoms with Gasteiger partial charge in [0.1, 0.15) is 0 Å². The summed E-state index contributed by atoms with van der Waals surface area (Å²) in [6, 6.07) is 6.33. The topological polar surface area (TPSA) is 51.6 Å². The predicted molar refractivity (Wildman–Crippen MR) is 56.8 cm³/mol. The van der Waals surface area contributed by atoms with Crippen LogP contribution >= 0.6 is 0 Å². The van der Waals surface area contributed by atoms with E-state index in [9.17, 15) is 0 Å². The summed E-state index contributed by atoms with van der Waals surface area (Å²) in [7, 11) is 0. The fourth-order valence-electron chi connectivity index (χ4n) is 1.19. The lowest BCUT2D eigenvalue weighted by Gasteiger charge is -2.15. The molecule has 1 rings (SSSR count). The van der Waals surface area contributed by atoms with Crippen molar-refractivity contribution in [2.75, 3.05) is 13.1 Å². The molecule has 0 unspecified atom stereocenters. The second kappa shape index (κ2) is 4.83. The predicted octanol–water partition coefficient (Wildman–Crippen LogP) is 1.70. The maximum atomic E-state index is 8.78. The standard InChI is InChI=1S/C11H17N3/c1-11(2,8-12)9-13-7-5-10-4-3-6-14-10/h3-4,6,13-14H,5,7,9H2,1-2H3. The highest BCUT2D eigenvalue weighted by atomic mass is 14.9. The molecular formula is C11H17N3. The minimum atomic E-state index is -0.268. The number of nitrogens with zero attached hydrogens (tertiary/aromatic N) is 1. The van der Waals surface area contributed by atoms with Crippen LogP contribution < -0.4 is 5.32 Å². The Labute approximate surface area is 85.1 Å². The maximum Gasteiger partial charge on any atom is 0.0697 e. The third-order valence-electron chi connectivity index (χ3n) is 2.10. The number of aromatic amines is 1. The molecule has 76 valence electrons. The Morgan fingerprint density at radius 3 is 2.93 bits per heavy atom. The Morgan fingerprint density at radius 2 is 2.36 bits per heavy atom. The molecule has 0 saturated carbocycles. The number of aromatic nitrogens is 1. The molecule has 0 aromatic carbocycles. The van der Waals surface area contributed by atoms with Crippen molar-refractivity contribution < 1.29 is 0 Å². The van der Waals surface area contributed by atoms with Crippen LogP contribution in [0, 0.1) is 16.7 Å². The Morgan fingerprint density at radius 1 is 1.57 bits per heavy atom. The first kappa shape index (κ1) is 10.8. The van der Waals surface area contributed by atoms with E-state index in [0.29, 0.717) is 0 Å². The van der Waals surface area contributed by atoms with Crippen LogP contribution in [-0.2, 0) is 6.42 Å². The first-order valence-electron chi connectivity index (χ1n) is 4.88. The van der Waals surface area contributed by atoms with Crippen LogP contribution in [0.4, 0.5) is 0 Å². The SMILES string of the molecule is CC(C)(C#N)CNCCc1ccc[nH]1. The second-order valence-electron chi connectivity index (χ2n) is 4.12. The molecule has 1 aromatic heterocycles. The van der Waals surface area contributed by atoms with Gasteiger partial charge in [-0.3, -0.25) is 0 Å². The maximum absolute atomic E-state index is 8.78. The molecular weight excluding hydrogens is 174 g/mol. The van der Waals surface area contributed by atoms with Gasteiger partial charge in [-0.25, -0.2) is 0 Å². The molecule has 3 heteroatoms. The van der Waals surface area contributed by atoms with Crippen molar-refractivity contribution >= 4 is 0 Å². The highest BCUT2D eigenvalue weighted by Crippen LogP contribution is 2.10. The zero-order valence-electron chi connectivity index (χ0n) is 8.80. The Bertz CT molecular complexity index is 293. The fourth-order valence-corrected chi connectivity index (χ4v) is 1.19. The molecule has 2 N–H and O–H groups in total. The van der Waals surface area contributed by atoms with Gasteiger partial charge in [0.25, 0.3) is 0 Å². The largest absolute Gasteiger partial charge is 0.365 e. The molecule has 1 aromatic rings. The van der Waals surface area contributed by atoms with Gasteiger partial charge in [-0.15, -0.1) is 0 Å². The third-order valence-corrected chi connectivity index (χ3v) is 2.10. The van der Waals surface area contributed by atoms with Crippen LogP contribution in [0.2, 0.25) is 0 Å². The molecule has 0 bridgehead atoms. The van der Waals surface area contributed by atoms with Crippen molar-refractivity contribution in [1.82, 2.24) is 10.3 Å². The van der Waals surface area contributed by atoms with Crippen molar-refractivity contribution in [2.45, 2.75) is 20.3 Å². The van der Waals surface area contributed by atoms with E-state index < -0.39 is 0 Å². The summed E-state index contributed by atoms with van der Waals surface area (Å²) in [4.78, 5) is 3.14. The molecule has 0 radical (unpaired) electrons.